The van der Waals surface area contributed by atoms with Gasteiger partial charge in [-0.3, -0.25) is 0 Å². The van der Waals surface area contributed by atoms with Gasteiger partial charge in [0.25, 0.3) is 0 Å². The molecular weight excluding hydrogens is 227 g/mol. The molecule has 0 aromatic rings. The molecule has 1 atom stereocenters. The highest BCUT2D eigenvalue weighted by Crippen LogP contribution is 2.12. The molecule has 0 amide bonds. The first kappa shape index (κ1) is 25.7. The first-order valence-corrected chi connectivity index (χ1v) is 6.87. The summed E-state index contributed by atoms with van der Waals surface area (Å²) in [5.74, 6) is 0.489. The molecule has 0 aliphatic heterocycles. The summed E-state index contributed by atoms with van der Waals surface area (Å²) in [5, 5.41) is 0. The maximum absolute atomic E-state index is 12.4. The fraction of sp³-hybridized carbons (Fsp3) is 0.625. The summed E-state index contributed by atoms with van der Waals surface area (Å²) in [6, 6.07) is 0. The zero-order valence-electron chi connectivity index (χ0n) is 13.8. The van der Waals surface area contributed by atoms with Crippen molar-refractivity contribution in [2.45, 2.75) is 68.7 Å². The van der Waals surface area contributed by atoms with Gasteiger partial charge >= 0.3 is 0 Å². The fourth-order valence-electron chi connectivity index (χ4n) is 0.641. The van der Waals surface area contributed by atoms with E-state index in [2.05, 4.69) is 6.58 Å². The Balaban J connectivity index is -0.000000141. The average molecular weight is 260 g/mol. The molecule has 0 aromatic heterocycles. The Morgan fingerprint density at radius 3 is 1.72 bits per heavy atom. The minimum atomic E-state index is -1.29. The van der Waals surface area contributed by atoms with E-state index < -0.39 is 6.36 Å². The molecule has 0 bridgehead atoms. The molecule has 0 N–H and O–H groups in total. The molecule has 1 nitrogen and oxygen atoms in total. The average Bonchev–Trinajstić information content (AvgIpc) is 2.41. The van der Waals surface area contributed by atoms with Crippen LogP contribution >= 0.6 is 0 Å². The van der Waals surface area contributed by atoms with Crippen molar-refractivity contribution in [3.63, 3.8) is 0 Å². The standard InChI is InChI=1S/C10H15FO.3C2H6/c1-5-6-7-10(8(2)3)12-9(4)11;3*1-2/h5-7,9H,2H2,1,3-4H3;3*1-2H3/b6-5-,10-7+;;;. The lowest BCUT2D eigenvalue weighted by atomic mass is 10.2. The number of halogens is 1. The Morgan fingerprint density at radius 2 is 1.50 bits per heavy atom. The summed E-state index contributed by atoms with van der Waals surface area (Å²) in [7, 11) is 0. The van der Waals surface area contributed by atoms with E-state index >= 15 is 0 Å². The molecule has 0 aromatic carbocycles. The van der Waals surface area contributed by atoms with Crippen molar-refractivity contribution >= 4 is 0 Å². The summed E-state index contributed by atoms with van der Waals surface area (Å²) in [6.07, 6.45) is 4.03. The van der Waals surface area contributed by atoms with Crippen LogP contribution in [0.15, 0.2) is 36.1 Å². The summed E-state index contributed by atoms with van der Waals surface area (Å²) in [4.78, 5) is 0. The van der Waals surface area contributed by atoms with Gasteiger partial charge in [-0.2, -0.15) is 0 Å². The van der Waals surface area contributed by atoms with Crippen LogP contribution in [0.4, 0.5) is 4.39 Å². The molecular formula is C16H33FO. The Bertz CT molecular complexity index is 203. The Kier molecular flexibility index (Phi) is 35.7. The summed E-state index contributed by atoms with van der Waals surface area (Å²) in [5.41, 5.74) is 0.720. The van der Waals surface area contributed by atoms with E-state index in [1.54, 1.807) is 19.1 Å². The highest BCUT2D eigenvalue weighted by atomic mass is 19.1. The van der Waals surface area contributed by atoms with Crippen LogP contribution in [0.1, 0.15) is 62.3 Å². The van der Waals surface area contributed by atoms with Crippen molar-refractivity contribution in [1.29, 1.82) is 0 Å². The number of hydrogen-bond donors (Lipinski definition) is 0. The number of allylic oxidation sites excluding steroid dienone is 4. The molecule has 0 saturated carbocycles. The summed E-state index contributed by atoms with van der Waals surface area (Å²) >= 11 is 0. The fourth-order valence-corrected chi connectivity index (χ4v) is 0.641. The summed E-state index contributed by atoms with van der Waals surface area (Å²) < 4.78 is 17.3. The Labute approximate surface area is 114 Å². The third-order valence-electron chi connectivity index (χ3n) is 1.15. The van der Waals surface area contributed by atoms with Gasteiger partial charge in [-0.15, -0.1) is 0 Å². The lowest BCUT2D eigenvalue weighted by molar-refractivity contribution is 0.0264. The van der Waals surface area contributed by atoms with Gasteiger partial charge in [0.1, 0.15) is 5.76 Å². The minimum Gasteiger partial charge on any atom is -0.460 e. The minimum absolute atomic E-state index is 0.489. The van der Waals surface area contributed by atoms with E-state index in [9.17, 15) is 4.39 Å². The van der Waals surface area contributed by atoms with Crippen LogP contribution in [-0.4, -0.2) is 6.36 Å². The normalized spacial score (nSPS) is 10.9. The van der Waals surface area contributed by atoms with Crippen molar-refractivity contribution in [3.8, 4) is 0 Å². The van der Waals surface area contributed by atoms with E-state index in [0.717, 1.165) is 5.57 Å². The van der Waals surface area contributed by atoms with Gasteiger partial charge in [0, 0.05) is 6.92 Å². The largest absolute Gasteiger partial charge is 0.460 e. The van der Waals surface area contributed by atoms with Crippen molar-refractivity contribution in [2.75, 3.05) is 0 Å². The summed E-state index contributed by atoms with van der Waals surface area (Å²) in [6.45, 7) is 20.7. The van der Waals surface area contributed by atoms with Gasteiger partial charge in [-0.1, -0.05) is 60.3 Å². The monoisotopic (exact) mass is 260 g/mol. The second kappa shape index (κ2) is 25.0. The Hall–Kier alpha value is -1.05. The van der Waals surface area contributed by atoms with E-state index in [4.69, 9.17) is 4.74 Å². The first-order chi connectivity index (χ1) is 8.57. The molecule has 0 saturated heterocycles. The second-order valence-corrected chi connectivity index (χ2v) is 2.50. The highest BCUT2D eigenvalue weighted by molar-refractivity contribution is 5.24. The quantitative estimate of drug-likeness (QED) is 0.418. The van der Waals surface area contributed by atoms with Gasteiger partial charge in [0.2, 0.25) is 6.36 Å². The lowest BCUT2D eigenvalue weighted by Gasteiger charge is -2.09. The molecule has 2 heteroatoms. The Morgan fingerprint density at radius 1 is 1.11 bits per heavy atom. The van der Waals surface area contributed by atoms with Crippen LogP contribution in [0, 0.1) is 0 Å². The van der Waals surface area contributed by atoms with E-state index in [1.165, 1.54) is 6.92 Å². The molecule has 0 fully saturated rings. The third-order valence-corrected chi connectivity index (χ3v) is 1.15. The van der Waals surface area contributed by atoms with Gasteiger partial charge in [0.15, 0.2) is 0 Å². The molecule has 0 spiro atoms. The molecule has 0 aliphatic carbocycles. The van der Waals surface area contributed by atoms with Crippen LogP contribution in [-0.2, 0) is 4.74 Å². The number of rotatable bonds is 4. The third kappa shape index (κ3) is 24.3. The van der Waals surface area contributed by atoms with Crippen LogP contribution in [0.5, 0.6) is 0 Å². The molecule has 0 rings (SSSR count). The highest BCUT2D eigenvalue weighted by Gasteiger charge is 2.02. The van der Waals surface area contributed by atoms with Crippen molar-refractivity contribution in [1.82, 2.24) is 0 Å². The van der Waals surface area contributed by atoms with Crippen molar-refractivity contribution in [3.05, 3.63) is 36.1 Å². The van der Waals surface area contributed by atoms with Crippen LogP contribution in [0.3, 0.4) is 0 Å². The topological polar surface area (TPSA) is 9.23 Å². The van der Waals surface area contributed by atoms with Crippen molar-refractivity contribution < 1.29 is 9.13 Å². The van der Waals surface area contributed by atoms with Gasteiger partial charge < -0.3 is 4.74 Å². The first-order valence-electron chi connectivity index (χ1n) is 6.87. The zero-order chi connectivity index (χ0) is 15.6. The number of ether oxygens (including phenoxy) is 1. The van der Waals surface area contributed by atoms with Crippen LogP contribution in [0.25, 0.3) is 0 Å². The predicted molar refractivity (Wildman–Crippen MR) is 83.4 cm³/mol. The molecule has 0 heterocycles. The zero-order valence-corrected chi connectivity index (χ0v) is 13.8. The van der Waals surface area contributed by atoms with Crippen LogP contribution < -0.4 is 0 Å². The predicted octanol–water partition coefficient (Wildman–Crippen LogP) is 6.43. The van der Waals surface area contributed by atoms with Crippen molar-refractivity contribution in [2.24, 2.45) is 0 Å². The molecule has 0 radical (unpaired) electrons. The molecule has 1 unspecified atom stereocenters. The molecule has 110 valence electrons. The van der Waals surface area contributed by atoms with E-state index in [1.807, 2.05) is 54.5 Å². The molecule has 18 heavy (non-hydrogen) atoms. The number of alkyl halides is 1. The van der Waals surface area contributed by atoms with E-state index in [0.29, 0.717) is 5.76 Å². The van der Waals surface area contributed by atoms with Gasteiger partial charge in [-0.25, -0.2) is 4.39 Å². The van der Waals surface area contributed by atoms with Gasteiger partial charge in [-0.05, 0) is 25.5 Å². The second-order valence-electron chi connectivity index (χ2n) is 2.50. The lowest BCUT2D eigenvalue weighted by Crippen LogP contribution is -2.00. The van der Waals surface area contributed by atoms with E-state index in [-0.39, 0.29) is 0 Å². The van der Waals surface area contributed by atoms with Crippen LogP contribution in [0.2, 0.25) is 0 Å². The SMILES string of the molecule is C=C(C)/C(=C\C=C/C)OC(C)F.CC.CC.CC. The molecule has 0 aliphatic rings. The van der Waals surface area contributed by atoms with Gasteiger partial charge in [0.05, 0.1) is 0 Å². The number of hydrogen-bond acceptors (Lipinski definition) is 1. The smallest absolute Gasteiger partial charge is 0.235 e. The maximum Gasteiger partial charge on any atom is 0.235 e. The maximum atomic E-state index is 12.4.